The number of esters is 1. The average Bonchev–Trinajstić information content (AvgIpc) is 2.48. The molecular formula is C17H15Br2ClO3. The molecular weight excluding hydrogens is 447 g/mol. The number of carbonyl (C=O) groups is 1. The van der Waals surface area contributed by atoms with Gasteiger partial charge in [0.05, 0.1) is 21.7 Å². The van der Waals surface area contributed by atoms with E-state index in [0.717, 1.165) is 4.47 Å². The average molecular weight is 463 g/mol. The van der Waals surface area contributed by atoms with E-state index in [0.29, 0.717) is 39.1 Å². The summed E-state index contributed by atoms with van der Waals surface area (Å²) in [6.45, 7) is 4.75. The largest absolute Gasteiger partial charge is 0.492 e. The second-order valence-corrected chi connectivity index (χ2v) is 7.49. The van der Waals surface area contributed by atoms with E-state index in [1.54, 1.807) is 36.4 Å². The lowest BCUT2D eigenvalue weighted by molar-refractivity contribution is 0.0734. The van der Waals surface area contributed by atoms with Crippen LogP contribution in [0.2, 0.25) is 5.02 Å². The number of halogens is 3. The van der Waals surface area contributed by atoms with Gasteiger partial charge in [0.25, 0.3) is 0 Å². The maximum Gasteiger partial charge on any atom is 0.343 e. The van der Waals surface area contributed by atoms with Gasteiger partial charge in [-0.3, -0.25) is 0 Å². The molecule has 0 fully saturated rings. The summed E-state index contributed by atoms with van der Waals surface area (Å²) in [5, 5.41) is 0.365. The van der Waals surface area contributed by atoms with E-state index < -0.39 is 5.97 Å². The fourth-order valence-corrected chi connectivity index (χ4v) is 2.92. The van der Waals surface area contributed by atoms with Gasteiger partial charge >= 0.3 is 5.97 Å². The number of benzene rings is 2. The number of hydrogen-bond acceptors (Lipinski definition) is 3. The van der Waals surface area contributed by atoms with E-state index in [-0.39, 0.29) is 0 Å². The molecule has 0 aliphatic carbocycles. The molecule has 23 heavy (non-hydrogen) atoms. The smallest absolute Gasteiger partial charge is 0.343 e. The van der Waals surface area contributed by atoms with Gasteiger partial charge in [0.2, 0.25) is 0 Å². The van der Waals surface area contributed by atoms with Crippen molar-refractivity contribution in [1.29, 1.82) is 0 Å². The van der Waals surface area contributed by atoms with Crippen molar-refractivity contribution in [3.05, 3.63) is 55.9 Å². The highest BCUT2D eigenvalue weighted by molar-refractivity contribution is 9.10. The molecule has 0 atom stereocenters. The van der Waals surface area contributed by atoms with E-state index in [1.165, 1.54) is 0 Å². The molecule has 0 aliphatic rings. The standard InChI is InChI=1S/C17H15Br2ClO3/c1-10(2)9-22-15-5-3-11(7-13(15)19)17(21)23-16-6-4-12(18)8-14(16)20/h3-8,10H,9H2,1-2H3. The Balaban J connectivity index is 2.12. The molecule has 2 aromatic carbocycles. The summed E-state index contributed by atoms with van der Waals surface area (Å²) in [5.74, 6) is 0.949. The molecule has 2 rings (SSSR count). The lowest BCUT2D eigenvalue weighted by atomic mass is 10.2. The molecule has 0 aromatic heterocycles. The summed E-state index contributed by atoms with van der Waals surface area (Å²) in [4.78, 5) is 12.2. The normalized spacial score (nSPS) is 10.7. The van der Waals surface area contributed by atoms with Gasteiger partial charge in [-0.05, 0) is 58.2 Å². The SMILES string of the molecule is CC(C)COc1ccc(C(=O)Oc2ccc(Br)cc2Cl)cc1Br. The molecule has 122 valence electrons. The summed E-state index contributed by atoms with van der Waals surface area (Å²) in [7, 11) is 0. The molecule has 6 heteroatoms. The molecule has 0 aliphatic heterocycles. The number of carbonyl (C=O) groups excluding carboxylic acids is 1. The predicted octanol–water partition coefficient (Wildman–Crippen LogP) is 6.12. The summed E-state index contributed by atoms with van der Waals surface area (Å²) in [6.07, 6.45) is 0. The fraction of sp³-hybridized carbons (Fsp3) is 0.235. The van der Waals surface area contributed by atoms with Gasteiger partial charge in [0.15, 0.2) is 0 Å². The third-order valence-corrected chi connectivity index (χ3v) is 4.24. The Labute approximate surface area is 157 Å². The third kappa shape index (κ3) is 5.23. The molecule has 0 saturated carbocycles. The van der Waals surface area contributed by atoms with Gasteiger partial charge in [0, 0.05) is 4.47 Å². The van der Waals surface area contributed by atoms with Crippen molar-refractivity contribution in [3.63, 3.8) is 0 Å². The van der Waals surface area contributed by atoms with Crippen LogP contribution in [0.1, 0.15) is 24.2 Å². The van der Waals surface area contributed by atoms with Gasteiger partial charge in [-0.1, -0.05) is 41.4 Å². The van der Waals surface area contributed by atoms with Crippen LogP contribution in [0.4, 0.5) is 0 Å². The van der Waals surface area contributed by atoms with Crippen molar-refractivity contribution in [2.45, 2.75) is 13.8 Å². The van der Waals surface area contributed by atoms with E-state index in [4.69, 9.17) is 21.1 Å². The zero-order valence-electron chi connectivity index (χ0n) is 12.6. The highest BCUT2D eigenvalue weighted by Crippen LogP contribution is 2.30. The van der Waals surface area contributed by atoms with Crippen LogP contribution in [-0.4, -0.2) is 12.6 Å². The monoisotopic (exact) mass is 460 g/mol. The molecule has 2 aromatic rings. The maximum atomic E-state index is 12.2. The van der Waals surface area contributed by atoms with E-state index in [2.05, 4.69) is 45.7 Å². The Bertz CT molecular complexity index is 717. The molecule has 0 heterocycles. The van der Waals surface area contributed by atoms with Crippen LogP contribution in [0.25, 0.3) is 0 Å². The Morgan fingerprint density at radius 1 is 1.13 bits per heavy atom. The zero-order chi connectivity index (χ0) is 17.0. The first kappa shape index (κ1) is 18.3. The minimum atomic E-state index is -0.481. The van der Waals surface area contributed by atoms with Crippen molar-refractivity contribution in [1.82, 2.24) is 0 Å². The summed E-state index contributed by atoms with van der Waals surface area (Å²) < 4.78 is 12.5. The fourth-order valence-electron chi connectivity index (χ4n) is 1.72. The Morgan fingerprint density at radius 3 is 2.43 bits per heavy atom. The Morgan fingerprint density at radius 2 is 1.83 bits per heavy atom. The zero-order valence-corrected chi connectivity index (χ0v) is 16.5. The Hall–Kier alpha value is -1.04. The van der Waals surface area contributed by atoms with Gasteiger partial charge in [-0.25, -0.2) is 4.79 Å². The minimum absolute atomic E-state index is 0.316. The quantitative estimate of drug-likeness (QED) is 0.397. The van der Waals surface area contributed by atoms with E-state index in [9.17, 15) is 4.79 Å². The molecule has 0 spiro atoms. The van der Waals surface area contributed by atoms with Crippen LogP contribution in [-0.2, 0) is 0 Å². The van der Waals surface area contributed by atoms with Crippen LogP contribution in [0.15, 0.2) is 45.3 Å². The molecule has 0 N–H and O–H groups in total. The topological polar surface area (TPSA) is 35.5 Å². The third-order valence-electron chi connectivity index (χ3n) is 2.84. The lowest BCUT2D eigenvalue weighted by Crippen LogP contribution is -2.09. The van der Waals surface area contributed by atoms with E-state index >= 15 is 0 Å². The number of rotatable bonds is 5. The van der Waals surface area contributed by atoms with Crippen molar-refractivity contribution in [3.8, 4) is 11.5 Å². The van der Waals surface area contributed by atoms with Crippen molar-refractivity contribution in [2.75, 3.05) is 6.61 Å². The molecule has 0 saturated heterocycles. The molecule has 3 nitrogen and oxygen atoms in total. The highest BCUT2D eigenvalue weighted by Gasteiger charge is 2.14. The molecule has 0 amide bonds. The number of ether oxygens (including phenoxy) is 2. The van der Waals surface area contributed by atoms with Crippen LogP contribution < -0.4 is 9.47 Å². The van der Waals surface area contributed by atoms with Crippen LogP contribution >= 0.6 is 43.5 Å². The van der Waals surface area contributed by atoms with Crippen molar-refractivity contribution in [2.24, 2.45) is 5.92 Å². The number of hydrogen-bond donors (Lipinski definition) is 0. The molecule has 0 bridgehead atoms. The minimum Gasteiger partial charge on any atom is -0.492 e. The Kier molecular flexibility index (Phi) is 6.50. The van der Waals surface area contributed by atoms with Gasteiger partial charge in [-0.2, -0.15) is 0 Å². The second kappa shape index (κ2) is 8.18. The first-order valence-corrected chi connectivity index (χ1v) is 8.93. The molecule has 0 radical (unpaired) electrons. The van der Waals surface area contributed by atoms with Crippen molar-refractivity contribution >= 4 is 49.4 Å². The summed E-state index contributed by atoms with van der Waals surface area (Å²) >= 11 is 12.8. The first-order chi connectivity index (χ1) is 10.9. The molecule has 0 unspecified atom stereocenters. The van der Waals surface area contributed by atoms with Crippen LogP contribution in [0.5, 0.6) is 11.5 Å². The van der Waals surface area contributed by atoms with Crippen LogP contribution in [0, 0.1) is 5.92 Å². The summed E-state index contributed by atoms with van der Waals surface area (Å²) in [5.41, 5.74) is 0.410. The highest BCUT2D eigenvalue weighted by atomic mass is 79.9. The van der Waals surface area contributed by atoms with Gasteiger partial charge in [-0.15, -0.1) is 0 Å². The van der Waals surface area contributed by atoms with Crippen LogP contribution in [0.3, 0.4) is 0 Å². The second-order valence-electron chi connectivity index (χ2n) is 5.31. The predicted molar refractivity (Wildman–Crippen MR) is 98.6 cm³/mol. The maximum absolute atomic E-state index is 12.2. The van der Waals surface area contributed by atoms with Crippen molar-refractivity contribution < 1.29 is 14.3 Å². The first-order valence-electron chi connectivity index (χ1n) is 6.96. The van der Waals surface area contributed by atoms with E-state index in [1.807, 2.05) is 0 Å². The van der Waals surface area contributed by atoms with Gasteiger partial charge in [0.1, 0.15) is 11.5 Å². The lowest BCUT2D eigenvalue weighted by Gasteiger charge is -2.11. The van der Waals surface area contributed by atoms with Gasteiger partial charge < -0.3 is 9.47 Å². The summed E-state index contributed by atoms with van der Waals surface area (Å²) in [6, 6.07) is 10.1.